The summed E-state index contributed by atoms with van der Waals surface area (Å²) in [6.45, 7) is 3.52. The van der Waals surface area contributed by atoms with E-state index in [9.17, 15) is 0 Å². The fourth-order valence-corrected chi connectivity index (χ4v) is 2.77. The molecule has 7 heteroatoms. The summed E-state index contributed by atoms with van der Waals surface area (Å²) in [5.74, 6) is 0.867. The van der Waals surface area contributed by atoms with Gasteiger partial charge in [-0.05, 0) is 12.1 Å². The Morgan fingerprint density at radius 3 is 3.22 bits per heavy atom. The Morgan fingerprint density at radius 2 is 2.43 bits per heavy atom. The van der Waals surface area contributed by atoms with Gasteiger partial charge in [-0.15, -0.1) is 0 Å². The molecule has 1 fully saturated rings. The molecule has 0 spiro atoms. The summed E-state index contributed by atoms with van der Waals surface area (Å²) in [5, 5.41) is 3.38. The van der Waals surface area contributed by atoms with Crippen LogP contribution in [0.4, 0.5) is 0 Å². The lowest BCUT2D eigenvalue weighted by molar-refractivity contribution is -0.0447. The standard InChI is InChI=1S/C16H23N5O2/c1-17-16(21-7-8-23-14(11-21)12-22-2)18-9-13-10-20-6-4-3-5-15(20)19-13/h3-6,10,14H,7-9,11-12H2,1-2H3,(H,17,18). The van der Waals surface area contributed by atoms with E-state index in [1.807, 2.05) is 35.0 Å². The third kappa shape index (κ3) is 3.80. The van der Waals surface area contributed by atoms with Crippen LogP contribution in [0.15, 0.2) is 35.6 Å². The van der Waals surface area contributed by atoms with Crippen LogP contribution in [-0.4, -0.2) is 66.8 Å². The second-order valence-corrected chi connectivity index (χ2v) is 5.49. The molecule has 23 heavy (non-hydrogen) atoms. The quantitative estimate of drug-likeness (QED) is 0.666. The second-order valence-electron chi connectivity index (χ2n) is 5.49. The first-order valence-electron chi connectivity index (χ1n) is 7.79. The van der Waals surface area contributed by atoms with E-state index in [-0.39, 0.29) is 6.10 Å². The molecule has 0 aliphatic carbocycles. The third-order valence-electron chi connectivity index (χ3n) is 3.84. The zero-order chi connectivity index (χ0) is 16.1. The van der Waals surface area contributed by atoms with Gasteiger partial charge in [0.15, 0.2) is 5.96 Å². The van der Waals surface area contributed by atoms with Gasteiger partial charge in [0.05, 0.1) is 31.6 Å². The SMILES string of the molecule is CN=C(NCc1cn2ccccc2n1)N1CCOC(COC)C1. The average Bonchev–Trinajstić information content (AvgIpc) is 2.99. The van der Waals surface area contributed by atoms with E-state index in [0.717, 1.165) is 30.4 Å². The van der Waals surface area contributed by atoms with Gasteiger partial charge in [0, 0.05) is 39.6 Å². The van der Waals surface area contributed by atoms with Crippen molar-refractivity contribution in [1.29, 1.82) is 0 Å². The Balaban J connectivity index is 1.61. The molecule has 0 aromatic carbocycles. The topological polar surface area (TPSA) is 63.4 Å². The fraction of sp³-hybridized carbons (Fsp3) is 0.500. The minimum atomic E-state index is 0.0856. The first-order valence-corrected chi connectivity index (χ1v) is 7.79. The van der Waals surface area contributed by atoms with Gasteiger partial charge in [0.2, 0.25) is 0 Å². The van der Waals surface area contributed by atoms with Crippen molar-refractivity contribution in [3.8, 4) is 0 Å². The zero-order valence-electron chi connectivity index (χ0n) is 13.6. The lowest BCUT2D eigenvalue weighted by atomic mass is 10.3. The van der Waals surface area contributed by atoms with Gasteiger partial charge in [0.25, 0.3) is 0 Å². The summed E-state index contributed by atoms with van der Waals surface area (Å²) in [6.07, 6.45) is 4.11. The van der Waals surface area contributed by atoms with E-state index in [1.54, 1.807) is 14.2 Å². The molecule has 0 bridgehead atoms. The van der Waals surface area contributed by atoms with E-state index >= 15 is 0 Å². The van der Waals surface area contributed by atoms with Crippen molar-refractivity contribution in [2.24, 2.45) is 4.99 Å². The van der Waals surface area contributed by atoms with Gasteiger partial charge in [-0.3, -0.25) is 4.99 Å². The molecule has 1 saturated heterocycles. The molecule has 0 amide bonds. The molecule has 1 unspecified atom stereocenters. The molecule has 3 heterocycles. The van der Waals surface area contributed by atoms with Crippen LogP contribution in [0.2, 0.25) is 0 Å². The van der Waals surface area contributed by atoms with Crippen molar-refractivity contribution in [2.75, 3.05) is 40.5 Å². The molecule has 2 aromatic heterocycles. The normalized spacial score (nSPS) is 19.3. The molecule has 124 valence electrons. The number of aliphatic imine (C=N–C) groups is 1. The van der Waals surface area contributed by atoms with Gasteiger partial charge in [-0.1, -0.05) is 6.07 Å². The van der Waals surface area contributed by atoms with Gasteiger partial charge in [0.1, 0.15) is 5.65 Å². The van der Waals surface area contributed by atoms with Gasteiger partial charge >= 0.3 is 0 Å². The van der Waals surface area contributed by atoms with Gasteiger partial charge < -0.3 is 24.1 Å². The molecule has 0 saturated carbocycles. The minimum absolute atomic E-state index is 0.0856. The minimum Gasteiger partial charge on any atom is -0.382 e. The highest BCUT2D eigenvalue weighted by atomic mass is 16.5. The number of ether oxygens (including phenoxy) is 2. The van der Waals surface area contributed by atoms with Crippen molar-refractivity contribution in [2.45, 2.75) is 12.6 Å². The number of hydrogen-bond donors (Lipinski definition) is 1. The van der Waals surface area contributed by atoms with Crippen molar-refractivity contribution in [3.63, 3.8) is 0 Å². The lowest BCUT2D eigenvalue weighted by Crippen LogP contribution is -2.51. The number of fused-ring (bicyclic) bond motifs is 1. The highest BCUT2D eigenvalue weighted by Crippen LogP contribution is 2.07. The Kier molecular flexibility index (Phi) is 5.09. The number of aromatic nitrogens is 2. The van der Waals surface area contributed by atoms with Crippen LogP contribution in [0.25, 0.3) is 5.65 Å². The summed E-state index contributed by atoms with van der Waals surface area (Å²) in [6, 6.07) is 5.98. The number of hydrogen-bond acceptors (Lipinski definition) is 4. The van der Waals surface area contributed by atoms with Crippen molar-refractivity contribution >= 4 is 11.6 Å². The van der Waals surface area contributed by atoms with E-state index in [4.69, 9.17) is 9.47 Å². The zero-order valence-corrected chi connectivity index (χ0v) is 13.6. The third-order valence-corrected chi connectivity index (χ3v) is 3.84. The average molecular weight is 317 g/mol. The molecule has 7 nitrogen and oxygen atoms in total. The Morgan fingerprint density at radius 1 is 1.52 bits per heavy atom. The monoisotopic (exact) mass is 317 g/mol. The number of imidazole rings is 1. The summed E-state index contributed by atoms with van der Waals surface area (Å²) < 4.78 is 12.9. The van der Waals surface area contributed by atoms with Crippen LogP contribution in [0.3, 0.4) is 0 Å². The Hall–Kier alpha value is -2.12. The summed E-state index contributed by atoms with van der Waals surface area (Å²) in [7, 11) is 3.49. The molecule has 1 N–H and O–H groups in total. The first kappa shape index (κ1) is 15.8. The molecule has 3 rings (SSSR count). The van der Waals surface area contributed by atoms with Crippen LogP contribution in [0.5, 0.6) is 0 Å². The lowest BCUT2D eigenvalue weighted by Gasteiger charge is -2.34. The van der Waals surface area contributed by atoms with Crippen molar-refractivity contribution < 1.29 is 9.47 Å². The predicted octanol–water partition coefficient (Wildman–Crippen LogP) is 0.757. The number of guanidine groups is 1. The maximum Gasteiger partial charge on any atom is 0.194 e. The molecule has 2 aromatic rings. The van der Waals surface area contributed by atoms with E-state index in [1.165, 1.54) is 0 Å². The predicted molar refractivity (Wildman–Crippen MR) is 88.6 cm³/mol. The van der Waals surface area contributed by atoms with Gasteiger partial charge in [-0.25, -0.2) is 4.98 Å². The van der Waals surface area contributed by atoms with Gasteiger partial charge in [-0.2, -0.15) is 0 Å². The molecule has 1 aliphatic heterocycles. The number of rotatable bonds is 4. The summed E-state index contributed by atoms with van der Waals surface area (Å²) >= 11 is 0. The molecule has 1 aliphatic rings. The molecule has 1 atom stereocenters. The van der Waals surface area contributed by atoms with Crippen molar-refractivity contribution in [1.82, 2.24) is 19.6 Å². The maximum atomic E-state index is 5.68. The highest BCUT2D eigenvalue weighted by molar-refractivity contribution is 5.80. The highest BCUT2D eigenvalue weighted by Gasteiger charge is 2.22. The fourth-order valence-electron chi connectivity index (χ4n) is 2.77. The number of pyridine rings is 1. The maximum absolute atomic E-state index is 5.68. The van der Waals surface area contributed by atoms with Crippen LogP contribution >= 0.6 is 0 Å². The first-order chi connectivity index (χ1) is 11.3. The van der Waals surface area contributed by atoms with E-state index < -0.39 is 0 Å². The molecular formula is C16H23N5O2. The molecular weight excluding hydrogens is 294 g/mol. The van der Waals surface area contributed by atoms with Crippen molar-refractivity contribution in [3.05, 3.63) is 36.3 Å². The number of nitrogens with one attached hydrogen (secondary N) is 1. The van der Waals surface area contributed by atoms with Crippen LogP contribution in [0.1, 0.15) is 5.69 Å². The summed E-state index contributed by atoms with van der Waals surface area (Å²) in [5.41, 5.74) is 1.94. The van der Waals surface area contributed by atoms with Crippen LogP contribution < -0.4 is 5.32 Å². The van der Waals surface area contributed by atoms with Crippen LogP contribution in [0, 0.1) is 0 Å². The summed E-state index contributed by atoms with van der Waals surface area (Å²) in [4.78, 5) is 11.2. The second kappa shape index (κ2) is 7.43. The van der Waals surface area contributed by atoms with Crippen LogP contribution in [-0.2, 0) is 16.0 Å². The number of methoxy groups -OCH3 is 1. The molecule has 0 radical (unpaired) electrons. The Labute approximate surface area is 135 Å². The smallest absolute Gasteiger partial charge is 0.194 e. The van der Waals surface area contributed by atoms with E-state index in [0.29, 0.717) is 19.8 Å². The van der Waals surface area contributed by atoms with E-state index in [2.05, 4.69) is 20.2 Å². The number of nitrogens with zero attached hydrogens (tertiary/aromatic N) is 4. The number of morpholine rings is 1. The Bertz CT molecular complexity index is 634. The largest absolute Gasteiger partial charge is 0.382 e.